The van der Waals surface area contributed by atoms with Crippen molar-refractivity contribution in [3.05, 3.63) is 16.9 Å². The highest BCUT2D eigenvalue weighted by Gasteiger charge is 2.23. The Kier molecular flexibility index (Phi) is 4.30. The molecule has 0 aromatic carbocycles. The average Bonchev–Trinajstić information content (AvgIpc) is 2.94. The standard InChI is InChI=1S/C13H19BrN4O/c14-11-8-15-13(16-9-11)18-5-3-17(4-6-18)10-12-2-1-7-19-12/h8-9,12H,1-7,10H2. The second kappa shape index (κ2) is 6.15. The molecule has 0 N–H and O–H groups in total. The summed E-state index contributed by atoms with van der Waals surface area (Å²) < 4.78 is 6.62. The third-order valence-corrected chi connectivity index (χ3v) is 4.16. The lowest BCUT2D eigenvalue weighted by Gasteiger charge is -2.35. The van der Waals surface area contributed by atoms with Gasteiger partial charge in [-0.05, 0) is 28.8 Å². The number of aromatic nitrogens is 2. The minimum Gasteiger partial charge on any atom is -0.377 e. The van der Waals surface area contributed by atoms with Crippen LogP contribution in [0.1, 0.15) is 12.8 Å². The van der Waals surface area contributed by atoms with Gasteiger partial charge in [-0.1, -0.05) is 0 Å². The van der Waals surface area contributed by atoms with Crippen molar-refractivity contribution >= 4 is 21.9 Å². The first-order chi connectivity index (χ1) is 9.31. The average molecular weight is 327 g/mol. The fourth-order valence-electron chi connectivity index (χ4n) is 2.68. The zero-order valence-corrected chi connectivity index (χ0v) is 12.5. The van der Waals surface area contributed by atoms with Crippen LogP contribution < -0.4 is 4.90 Å². The molecule has 0 spiro atoms. The van der Waals surface area contributed by atoms with Gasteiger partial charge in [-0.25, -0.2) is 9.97 Å². The Labute approximate surface area is 122 Å². The van der Waals surface area contributed by atoms with Crippen LogP contribution in [-0.4, -0.2) is 60.3 Å². The Hall–Kier alpha value is -0.720. The van der Waals surface area contributed by atoms with Crippen LogP contribution in [0.2, 0.25) is 0 Å². The SMILES string of the molecule is Brc1cnc(N2CCN(CC3CCCO3)CC2)nc1. The van der Waals surface area contributed by atoms with Gasteiger partial charge in [0.15, 0.2) is 0 Å². The summed E-state index contributed by atoms with van der Waals surface area (Å²) in [6.07, 6.45) is 6.51. The maximum Gasteiger partial charge on any atom is 0.225 e. The molecule has 1 atom stereocenters. The van der Waals surface area contributed by atoms with E-state index in [1.54, 1.807) is 12.4 Å². The Balaban J connectivity index is 1.50. The van der Waals surface area contributed by atoms with Gasteiger partial charge in [-0.2, -0.15) is 0 Å². The number of halogens is 1. The summed E-state index contributed by atoms with van der Waals surface area (Å²) in [4.78, 5) is 13.4. The summed E-state index contributed by atoms with van der Waals surface area (Å²) >= 11 is 3.36. The first kappa shape index (κ1) is 13.3. The van der Waals surface area contributed by atoms with E-state index in [4.69, 9.17) is 4.74 Å². The number of hydrogen-bond acceptors (Lipinski definition) is 5. The molecule has 2 saturated heterocycles. The van der Waals surface area contributed by atoms with Gasteiger partial charge in [0, 0.05) is 51.7 Å². The third kappa shape index (κ3) is 3.43. The van der Waals surface area contributed by atoms with Gasteiger partial charge in [0.25, 0.3) is 0 Å². The molecule has 1 aromatic heterocycles. The Bertz CT molecular complexity index is 400. The Morgan fingerprint density at radius 1 is 1.21 bits per heavy atom. The summed E-state index contributed by atoms with van der Waals surface area (Å²) in [5, 5.41) is 0. The highest BCUT2D eigenvalue weighted by Crippen LogP contribution is 2.16. The second-order valence-corrected chi connectivity index (χ2v) is 6.04. The van der Waals surface area contributed by atoms with Crippen LogP contribution in [-0.2, 0) is 4.74 Å². The number of anilines is 1. The Morgan fingerprint density at radius 2 is 1.95 bits per heavy atom. The number of rotatable bonds is 3. The van der Waals surface area contributed by atoms with Crippen molar-refractivity contribution in [2.24, 2.45) is 0 Å². The van der Waals surface area contributed by atoms with Crippen molar-refractivity contribution in [2.45, 2.75) is 18.9 Å². The lowest BCUT2D eigenvalue weighted by molar-refractivity contribution is 0.0712. The minimum absolute atomic E-state index is 0.454. The molecule has 2 aliphatic heterocycles. The van der Waals surface area contributed by atoms with Crippen LogP contribution >= 0.6 is 15.9 Å². The van der Waals surface area contributed by atoms with Crippen molar-refractivity contribution in [2.75, 3.05) is 44.2 Å². The first-order valence-electron chi connectivity index (χ1n) is 6.88. The molecule has 0 saturated carbocycles. The molecular weight excluding hydrogens is 308 g/mol. The van der Waals surface area contributed by atoms with E-state index in [0.717, 1.165) is 49.8 Å². The van der Waals surface area contributed by atoms with Crippen LogP contribution in [0.5, 0.6) is 0 Å². The molecule has 1 aromatic rings. The van der Waals surface area contributed by atoms with Crippen molar-refractivity contribution in [3.63, 3.8) is 0 Å². The largest absolute Gasteiger partial charge is 0.377 e. The summed E-state index contributed by atoms with van der Waals surface area (Å²) in [5.74, 6) is 0.833. The normalized spacial score (nSPS) is 24.9. The van der Waals surface area contributed by atoms with Gasteiger partial charge in [-0.15, -0.1) is 0 Å². The summed E-state index contributed by atoms with van der Waals surface area (Å²) in [7, 11) is 0. The molecule has 104 valence electrons. The molecule has 5 nitrogen and oxygen atoms in total. The third-order valence-electron chi connectivity index (χ3n) is 3.75. The van der Waals surface area contributed by atoms with E-state index in [-0.39, 0.29) is 0 Å². The molecule has 0 aliphatic carbocycles. The van der Waals surface area contributed by atoms with E-state index in [2.05, 4.69) is 35.7 Å². The predicted molar refractivity (Wildman–Crippen MR) is 77.4 cm³/mol. The monoisotopic (exact) mass is 326 g/mol. The van der Waals surface area contributed by atoms with E-state index < -0.39 is 0 Å². The highest BCUT2D eigenvalue weighted by atomic mass is 79.9. The van der Waals surface area contributed by atoms with Gasteiger partial charge < -0.3 is 9.64 Å². The quantitative estimate of drug-likeness (QED) is 0.842. The number of nitrogens with zero attached hydrogens (tertiary/aromatic N) is 4. The molecule has 6 heteroatoms. The zero-order chi connectivity index (χ0) is 13.1. The van der Waals surface area contributed by atoms with Crippen LogP contribution in [0.15, 0.2) is 16.9 Å². The summed E-state index contributed by atoms with van der Waals surface area (Å²) in [6.45, 7) is 6.15. The smallest absolute Gasteiger partial charge is 0.225 e. The minimum atomic E-state index is 0.454. The molecule has 3 heterocycles. The molecule has 0 bridgehead atoms. The first-order valence-corrected chi connectivity index (χ1v) is 7.67. The second-order valence-electron chi connectivity index (χ2n) is 5.12. The van der Waals surface area contributed by atoms with E-state index in [9.17, 15) is 0 Å². The van der Waals surface area contributed by atoms with Gasteiger partial charge in [0.2, 0.25) is 5.95 Å². The van der Waals surface area contributed by atoms with Crippen molar-refractivity contribution in [3.8, 4) is 0 Å². The lowest BCUT2D eigenvalue weighted by Crippen LogP contribution is -2.49. The van der Waals surface area contributed by atoms with Crippen LogP contribution in [0.25, 0.3) is 0 Å². The number of ether oxygens (including phenoxy) is 1. The fourth-order valence-corrected chi connectivity index (χ4v) is 2.88. The van der Waals surface area contributed by atoms with Crippen molar-refractivity contribution < 1.29 is 4.74 Å². The van der Waals surface area contributed by atoms with Crippen molar-refractivity contribution in [1.82, 2.24) is 14.9 Å². The molecule has 3 rings (SSSR count). The molecule has 0 amide bonds. The molecule has 2 fully saturated rings. The summed E-state index contributed by atoms with van der Waals surface area (Å²) in [5.41, 5.74) is 0. The Morgan fingerprint density at radius 3 is 2.58 bits per heavy atom. The van der Waals surface area contributed by atoms with Crippen LogP contribution in [0, 0.1) is 0 Å². The molecular formula is C13H19BrN4O. The maximum absolute atomic E-state index is 5.70. The molecule has 1 unspecified atom stereocenters. The molecule has 19 heavy (non-hydrogen) atoms. The van der Waals surface area contributed by atoms with E-state index in [0.29, 0.717) is 6.10 Å². The van der Waals surface area contributed by atoms with E-state index in [1.165, 1.54) is 12.8 Å². The van der Waals surface area contributed by atoms with Gasteiger partial charge in [-0.3, -0.25) is 4.90 Å². The number of hydrogen-bond donors (Lipinski definition) is 0. The molecule has 0 radical (unpaired) electrons. The van der Waals surface area contributed by atoms with Gasteiger partial charge in [0.1, 0.15) is 0 Å². The zero-order valence-electron chi connectivity index (χ0n) is 11.0. The van der Waals surface area contributed by atoms with Crippen LogP contribution in [0.3, 0.4) is 0 Å². The molecule has 2 aliphatic rings. The highest BCUT2D eigenvalue weighted by molar-refractivity contribution is 9.10. The fraction of sp³-hybridized carbons (Fsp3) is 0.692. The maximum atomic E-state index is 5.70. The predicted octanol–water partition coefficient (Wildman–Crippen LogP) is 1.54. The number of piperazine rings is 1. The topological polar surface area (TPSA) is 41.5 Å². The van der Waals surface area contributed by atoms with Crippen LogP contribution in [0.4, 0.5) is 5.95 Å². The van der Waals surface area contributed by atoms with Gasteiger partial charge >= 0.3 is 0 Å². The van der Waals surface area contributed by atoms with Crippen molar-refractivity contribution in [1.29, 1.82) is 0 Å². The van der Waals surface area contributed by atoms with E-state index in [1.807, 2.05) is 0 Å². The lowest BCUT2D eigenvalue weighted by atomic mass is 10.2. The van der Waals surface area contributed by atoms with Gasteiger partial charge in [0.05, 0.1) is 10.6 Å². The van der Waals surface area contributed by atoms with E-state index >= 15 is 0 Å². The summed E-state index contributed by atoms with van der Waals surface area (Å²) in [6, 6.07) is 0.